The van der Waals surface area contributed by atoms with Gasteiger partial charge in [-0.15, -0.1) is 0 Å². The fourth-order valence-electron chi connectivity index (χ4n) is 3.27. The molecule has 8 nitrogen and oxygen atoms in total. The monoisotopic (exact) mass is 348 g/mol. The molecule has 1 aliphatic heterocycles. The van der Waals surface area contributed by atoms with Crippen molar-refractivity contribution in [1.29, 1.82) is 0 Å². The summed E-state index contributed by atoms with van der Waals surface area (Å²) in [6.07, 6.45) is 6.93. The molecule has 0 radical (unpaired) electrons. The number of hydrogen-bond acceptors (Lipinski definition) is 6. The van der Waals surface area contributed by atoms with E-state index in [4.69, 9.17) is 9.47 Å². The Kier molecular flexibility index (Phi) is 5.60. The van der Waals surface area contributed by atoms with E-state index in [1.165, 1.54) is 18.7 Å². The molecule has 2 fully saturated rings. The van der Waals surface area contributed by atoms with Gasteiger partial charge in [-0.05, 0) is 19.8 Å². The zero-order valence-electron chi connectivity index (χ0n) is 14.4. The van der Waals surface area contributed by atoms with Gasteiger partial charge in [0.15, 0.2) is 5.60 Å². The summed E-state index contributed by atoms with van der Waals surface area (Å²) in [7, 11) is 0. The van der Waals surface area contributed by atoms with Crippen molar-refractivity contribution in [2.24, 2.45) is 0 Å². The van der Waals surface area contributed by atoms with Gasteiger partial charge in [0, 0.05) is 57.1 Å². The Balaban J connectivity index is 1.46. The van der Waals surface area contributed by atoms with Crippen LogP contribution in [-0.4, -0.2) is 59.3 Å². The number of amides is 2. The van der Waals surface area contributed by atoms with Crippen LogP contribution >= 0.6 is 0 Å². The van der Waals surface area contributed by atoms with Crippen LogP contribution in [0.2, 0.25) is 0 Å². The van der Waals surface area contributed by atoms with E-state index in [0.717, 1.165) is 0 Å². The first kappa shape index (κ1) is 17.8. The molecule has 25 heavy (non-hydrogen) atoms. The van der Waals surface area contributed by atoms with Crippen molar-refractivity contribution in [3.8, 4) is 0 Å². The molecule has 2 aliphatic rings. The van der Waals surface area contributed by atoms with Crippen LogP contribution in [0.5, 0.6) is 0 Å². The Labute approximate surface area is 146 Å². The SMILES string of the molecule is CCOC1(C(=O)NC2CC(NC(=O)c3cncnc3)C2)CCOCC1. The van der Waals surface area contributed by atoms with E-state index in [0.29, 0.717) is 51.1 Å². The molecule has 2 heterocycles. The van der Waals surface area contributed by atoms with Crippen molar-refractivity contribution in [2.75, 3.05) is 19.8 Å². The lowest BCUT2D eigenvalue weighted by Crippen LogP contribution is -2.59. The second-order valence-electron chi connectivity index (χ2n) is 6.48. The average molecular weight is 348 g/mol. The predicted octanol–water partition coefficient (Wildman–Crippen LogP) is 0.439. The highest BCUT2D eigenvalue weighted by atomic mass is 16.5. The van der Waals surface area contributed by atoms with Crippen LogP contribution in [0.4, 0.5) is 0 Å². The molecule has 0 atom stereocenters. The fourth-order valence-corrected chi connectivity index (χ4v) is 3.27. The Morgan fingerprint density at radius 3 is 2.48 bits per heavy atom. The van der Waals surface area contributed by atoms with Crippen LogP contribution in [0.25, 0.3) is 0 Å². The lowest BCUT2D eigenvalue weighted by molar-refractivity contribution is -0.161. The lowest BCUT2D eigenvalue weighted by atomic mass is 9.85. The molecule has 0 spiro atoms. The molecule has 1 aromatic rings. The van der Waals surface area contributed by atoms with E-state index in [-0.39, 0.29) is 23.9 Å². The van der Waals surface area contributed by atoms with Crippen LogP contribution in [0.3, 0.4) is 0 Å². The van der Waals surface area contributed by atoms with Gasteiger partial charge in [0.05, 0.1) is 5.56 Å². The highest BCUT2D eigenvalue weighted by Crippen LogP contribution is 2.28. The van der Waals surface area contributed by atoms with Gasteiger partial charge in [-0.2, -0.15) is 0 Å². The minimum atomic E-state index is -0.775. The van der Waals surface area contributed by atoms with Crippen molar-refractivity contribution in [2.45, 2.75) is 50.3 Å². The largest absolute Gasteiger partial charge is 0.381 e. The summed E-state index contributed by atoms with van der Waals surface area (Å²) in [6.45, 7) is 3.47. The minimum absolute atomic E-state index is 0.0516. The maximum Gasteiger partial charge on any atom is 0.254 e. The summed E-state index contributed by atoms with van der Waals surface area (Å²) in [5.41, 5.74) is -0.338. The maximum absolute atomic E-state index is 12.7. The molecule has 1 aliphatic carbocycles. The molecular formula is C17H24N4O4. The zero-order valence-corrected chi connectivity index (χ0v) is 14.4. The summed E-state index contributed by atoms with van der Waals surface area (Å²) < 4.78 is 11.1. The summed E-state index contributed by atoms with van der Waals surface area (Å²) in [4.78, 5) is 32.4. The molecule has 1 saturated heterocycles. The molecule has 2 N–H and O–H groups in total. The van der Waals surface area contributed by atoms with E-state index >= 15 is 0 Å². The Hall–Kier alpha value is -2.06. The van der Waals surface area contributed by atoms with Crippen LogP contribution in [0.15, 0.2) is 18.7 Å². The number of aromatic nitrogens is 2. The normalized spacial score (nSPS) is 24.8. The molecule has 1 saturated carbocycles. The van der Waals surface area contributed by atoms with Crippen molar-refractivity contribution in [1.82, 2.24) is 20.6 Å². The van der Waals surface area contributed by atoms with Gasteiger partial charge in [-0.1, -0.05) is 0 Å². The van der Waals surface area contributed by atoms with Gasteiger partial charge in [0.1, 0.15) is 6.33 Å². The van der Waals surface area contributed by atoms with Gasteiger partial charge >= 0.3 is 0 Å². The standard InChI is InChI=1S/C17H24N4O4/c1-2-25-17(3-5-24-6-4-17)16(23)21-14-7-13(8-14)20-15(22)12-9-18-11-19-10-12/h9-11,13-14H,2-8H2,1H3,(H,20,22)(H,21,23). The van der Waals surface area contributed by atoms with Crippen molar-refractivity contribution < 1.29 is 19.1 Å². The summed E-state index contributed by atoms with van der Waals surface area (Å²) in [5.74, 6) is -0.255. The second kappa shape index (κ2) is 7.88. The molecular weight excluding hydrogens is 324 g/mol. The third-order valence-corrected chi connectivity index (χ3v) is 4.77. The second-order valence-corrected chi connectivity index (χ2v) is 6.48. The Morgan fingerprint density at radius 2 is 1.84 bits per heavy atom. The third-order valence-electron chi connectivity index (χ3n) is 4.77. The van der Waals surface area contributed by atoms with Crippen molar-refractivity contribution >= 4 is 11.8 Å². The smallest absolute Gasteiger partial charge is 0.254 e. The van der Waals surface area contributed by atoms with E-state index in [2.05, 4.69) is 20.6 Å². The van der Waals surface area contributed by atoms with Gasteiger partial charge in [0.2, 0.25) is 0 Å². The number of ether oxygens (including phenoxy) is 2. The number of carbonyl (C=O) groups excluding carboxylic acids is 2. The summed E-state index contributed by atoms with van der Waals surface area (Å²) in [6, 6.07) is 0.112. The summed E-state index contributed by atoms with van der Waals surface area (Å²) >= 11 is 0. The van der Waals surface area contributed by atoms with Crippen LogP contribution in [-0.2, 0) is 14.3 Å². The summed E-state index contributed by atoms with van der Waals surface area (Å²) in [5, 5.41) is 5.99. The Morgan fingerprint density at radius 1 is 1.20 bits per heavy atom. The molecule has 0 bridgehead atoms. The first-order valence-corrected chi connectivity index (χ1v) is 8.71. The van der Waals surface area contributed by atoms with Gasteiger partial charge in [0.25, 0.3) is 11.8 Å². The van der Waals surface area contributed by atoms with E-state index in [9.17, 15) is 9.59 Å². The van der Waals surface area contributed by atoms with Gasteiger partial charge in [-0.25, -0.2) is 9.97 Å². The van der Waals surface area contributed by atoms with E-state index in [1.807, 2.05) is 6.92 Å². The fraction of sp³-hybridized carbons (Fsp3) is 0.647. The van der Waals surface area contributed by atoms with Gasteiger partial charge < -0.3 is 20.1 Å². The van der Waals surface area contributed by atoms with Crippen molar-refractivity contribution in [3.05, 3.63) is 24.3 Å². The molecule has 3 rings (SSSR count). The lowest BCUT2D eigenvalue weighted by Gasteiger charge is -2.41. The first-order chi connectivity index (χ1) is 12.1. The Bertz CT molecular complexity index is 592. The number of rotatable bonds is 6. The quantitative estimate of drug-likeness (QED) is 0.773. The zero-order chi connectivity index (χ0) is 17.7. The first-order valence-electron chi connectivity index (χ1n) is 8.71. The molecule has 1 aromatic heterocycles. The predicted molar refractivity (Wildman–Crippen MR) is 88.9 cm³/mol. The number of nitrogens with zero attached hydrogens (tertiary/aromatic N) is 2. The molecule has 0 unspecified atom stereocenters. The number of hydrogen-bond donors (Lipinski definition) is 2. The number of nitrogens with one attached hydrogen (secondary N) is 2. The van der Waals surface area contributed by atoms with Gasteiger partial charge in [-0.3, -0.25) is 9.59 Å². The highest BCUT2D eigenvalue weighted by Gasteiger charge is 2.43. The number of carbonyl (C=O) groups is 2. The van der Waals surface area contributed by atoms with Crippen LogP contribution < -0.4 is 10.6 Å². The maximum atomic E-state index is 12.7. The molecule has 2 amide bonds. The third kappa shape index (κ3) is 4.13. The topological polar surface area (TPSA) is 102 Å². The molecule has 136 valence electrons. The molecule has 8 heteroatoms. The minimum Gasteiger partial charge on any atom is -0.381 e. The van der Waals surface area contributed by atoms with E-state index < -0.39 is 5.60 Å². The highest BCUT2D eigenvalue weighted by molar-refractivity contribution is 5.93. The van der Waals surface area contributed by atoms with E-state index in [1.54, 1.807) is 0 Å². The average Bonchev–Trinajstić information content (AvgIpc) is 2.61. The van der Waals surface area contributed by atoms with Crippen LogP contribution in [0.1, 0.15) is 43.0 Å². The molecule has 0 aromatic carbocycles. The van der Waals surface area contributed by atoms with Crippen LogP contribution in [0, 0.1) is 0 Å². The van der Waals surface area contributed by atoms with Crippen molar-refractivity contribution in [3.63, 3.8) is 0 Å².